The van der Waals surface area contributed by atoms with Crippen LogP contribution in [0, 0.1) is 11.3 Å². The van der Waals surface area contributed by atoms with Gasteiger partial charge in [-0.15, -0.1) is 5.10 Å². The lowest BCUT2D eigenvalue weighted by Gasteiger charge is -1.89. The monoisotopic (exact) mass is 200 g/mol. The average Bonchev–Trinajstić information content (AvgIpc) is 2.31. The van der Waals surface area contributed by atoms with E-state index in [2.05, 4.69) is 26.2 Å². The lowest BCUT2D eigenvalue weighted by atomic mass is 10.5. The second-order valence-corrected chi connectivity index (χ2v) is 2.52. The Balaban J connectivity index is 2.52. The van der Waals surface area contributed by atoms with Crippen LogP contribution in [0.1, 0.15) is 6.42 Å². The summed E-state index contributed by atoms with van der Waals surface area (Å²) in [6.07, 6.45) is 2.20. The molecule has 1 heterocycles. The number of nitrogens with zero attached hydrogens (tertiary/aromatic N) is 4. The molecule has 0 unspecified atom stereocenters. The predicted octanol–water partition coefficient (Wildman–Crippen LogP) is 0.954. The molecule has 1 rings (SSSR count). The van der Waals surface area contributed by atoms with E-state index in [1.807, 2.05) is 6.07 Å². The van der Waals surface area contributed by atoms with E-state index in [0.29, 0.717) is 17.6 Å². The zero-order valence-electron chi connectivity index (χ0n) is 5.16. The van der Waals surface area contributed by atoms with Crippen LogP contribution >= 0.6 is 15.9 Å². The largest absolute Gasteiger partial charge is 0.250 e. The van der Waals surface area contributed by atoms with Crippen molar-refractivity contribution in [3.8, 4) is 6.07 Å². The number of hydrogen-bond acceptors (Lipinski definition) is 3. The average molecular weight is 201 g/mol. The molecule has 4 nitrogen and oxygen atoms in total. The zero-order chi connectivity index (χ0) is 7.40. The van der Waals surface area contributed by atoms with E-state index in [-0.39, 0.29) is 0 Å². The van der Waals surface area contributed by atoms with Crippen molar-refractivity contribution in [2.75, 3.05) is 0 Å². The minimum atomic E-state index is 0.468. The predicted molar refractivity (Wildman–Crippen MR) is 38.0 cm³/mol. The molecule has 0 N–H and O–H groups in total. The standard InChI is InChI=1S/C5H5BrN4/c6-5-4-10(9-8-5)3-1-2-7/h4H,1,3H2. The van der Waals surface area contributed by atoms with Gasteiger partial charge in [0, 0.05) is 0 Å². The topological polar surface area (TPSA) is 54.5 Å². The van der Waals surface area contributed by atoms with E-state index < -0.39 is 0 Å². The molecule has 5 heteroatoms. The second-order valence-electron chi connectivity index (χ2n) is 1.71. The van der Waals surface area contributed by atoms with Crippen molar-refractivity contribution in [3.63, 3.8) is 0 Å². The van der Waals surface area contributed by atoms with E-state index in [4.69, 9.17) is 5.26 Å². The zero-order valence-corrected chi connectivity index (χ0v) is 6.74. The Morgan fingerprint density at radius 3 is 3.10 bits per heavy atom. The highest BCUT2D eigenvalue weighted by Gasteiger charge is 1.93. The van der Waals surface area contributed by atoms with Gasteiger partial charge in [-0.3, -0.25) is 4.68 Å². The van der Waals surface area contributed by atoms with Gasteiger partial charge >= 0.3 is 0 Å². The molecule has 0 aliphatic carbocycles. The molecule has 0 bridgehead atoms. The maximum absolute atomic E-state index is 8.21. The Labute approximate surface area is 66.6 Å². The second kappa shape index (κ2) is 3.32. The van der Waals surface area contributed by atoms with Gasteiger partial charge in [-0.05, 0) is 15.9 Å². The van der Waals surface area contributed by atoms with Gasteiger partial charge in [-0.25, -0.2) is 0 Å². The molecule has 1 aromatic heterocycles. The van der Waals surface area contributed by atoms with Gasteiger partial charge in [-0.2, -0.15) is 5.26 Å². The SMILES string of the molecule is N#CCCn1cc(Br)nn1. The molecule has 10 heavy (non-hydrogen) atoms. The van der Waals surface area contributed by atoms with Crippen LogP contribution in [0.2, 0.25) is 0 Å². The third-order valence-corrected chi connectivity index (χ3v) is 1.33. The molecule has 0 spiro atoms. The first-order valence-corrected chi connectivity index (χ1v) is 3.55. The molecule has 0 saturated heterocycles. The Bertz CT molecular complexity index is 248. The summed E-state index contributed by atoms with van der Waals surface area (Å²) in [6.45, 7) is 0.606. The van der Waals surface area contributed by atoms with Crippen molar-refractivity contribution in [2.24, 2.45) is 0 Å². The normalized spacial score (nSPS) is 9.20. The number of aromatic nitrogens is 3. The van der Waals surface area contributed by atoms with Crippen LogP contribution in [0.15, 0.2) is 10.8 Å². The quantitative estimate of drug-likeness (QED) is 0.715. The highest BCUT2D eigenvalue weighted by Crippen LogP contribution is 2.01. The molecular weight excluding hydrogens is 196 g/mol. The first-order chi connectivity index (χ1) is 4.83. The van der Waals surface area contributed by atoms with Crippen molar-refractivity contribution >= 4 is 15.9 Å². The van der Waals surface area contributed by atoms with Gasteiger partial charge in [0.25, 0.3) is 0 Å². The van der Waals surface area contributed by atoms with Crippen molar-refractivity contribution in [1.29, 1.82) is 5.26 Å². The minimum absolute atomic E-state index is 0.468. The molecule has 0 aromatic carbocycles. The number of rotatable bonds is 2. The van der Waals surface area contributed by atoms with Crippen LogP contribution in [-0.4, -0.2) is 15.0 Å². The highest BCUT2D eigenvalue weighted by molar-refractivity contribution is 9.10. The number of halogens is 1. The van der Waals surface area contributed by atoms with Gasteiger partial charge < -0.3 is 0 Å². The molecule has 0 saturated carbocycles. The lowest BCUT2D eigenvalue weighted by Crippen LogP contribution is -1.97. The molecular formula is C5H5BrN4. The first-order valence-electron chi connectivity index (χ1n) is 2.75. The lowest BCUT2D eigenvalue weighted by molar-refractivity contribution is 0.600. The van der Waals surface area contributed by atoms with Crippen LogP contribution < -0.4 is 0 Å². The summed E-state index contributed by atoms with van der Waals surface area (Å²) in [7, 11) is 0. The van der Waals surface area contributed by atoms with Gasteiger partial charge in [0.1, 0.15) is 4.60 Å². The fourth-order valence-electron chi connectivity index (χ4n) is 0.549. The summed E-state index contributed by atoms with van der Waals surface area (Å²) >= 11 is 3.15. The van der Waals surface area contributed by atoms with E-state index in [9.17, 15) is 0 Å². The van der Waals surface area contributed by atoms with E-state index in [1.165, 1.54) is 0 Å². The van der Waals surface area contributed by atoms with Crippen molar-refractivity contribution < 1.29 is 0 Å². The molecule has 52 valence electrons. The van der Waals surface area contributed by atoms with Crippen LogP contribution in [0.5, 0.6) is 0 Å². The van der Waals surface area contributed by atoms with Gasteiger partial charge in [-0.1, -0.05) is 5.21 Å². The Morgan fingerprint density at radius 1 is 1.80 bits per heavy atom. The Morgan fingerprint density at radius 2 is 2.60 bits per heavy atom. The third kappa shape index (κ3) is 1.81. The third-order valence-electron chi connectivity index (χ3n) is 0.963. The molecule has 0 amide bonds. The minimum Gasteiger partial charge on any atom is -0.250 e. The molecule has 1 aromatic rings. The summed E-state index contributed by atoms with van der Waals surface area (Å²) < 4.78 is 2.32. The van der Waals surface area contributed by atoms with Crippen LogP contribution in [0.4, 0.5) is 0 Å². The highest BCUT2D eigenvalue weighted by atomic mass is 79.9. The van der Waals surface area contributed by atoms with Crippen molar-refractivity contribution in [2.45, 2.75) is 13.0 Å². The molecule has 0 aliphatic heterocycles. The number of nitriles is 1. The van der Waals surface area contributed by atoms with Crippen molar-refractivity contribution in [1.82, 2.24) is 15.0 Å². The first kappa shape index (κ1) is 7.22. The summed E-state index contributed by atoms with van der Waals surface area (Å²) in [4.78, 5) is 0. The van der Waals surface area contributed by atoms with Gasteiger partial charge in [0.2, 0.25) is 0 Å². The van der Waals surface area contributed by atoms with Gasteiger partial charge in [0.15, 0.2) is 0 Å². The molecule has 0 fully saturated rings. The van der Waals surface area contributed by atoms with E-state index in [0.717, 1.165) is 0 Å². The van der Waals surface area contributed by atoms with Crippen LogP contribution in [0.3, 0.4) is 0 Å². The van der Waals surface area contributed by atoms with Crippen LogP contribution in [0.25, 0.3) is 0 Å². The fourth-order valence-corrected chi connectivity index (χ4v) is 0.856. The smallest absolute Gasteiger partial charge is 0.148 e. The molecule has 0 aliphatic rings. The summed E-state index contributed by atoms with van der Waals surface area (Å²) in [5.41, 5.74) is 0. The molecule has 0 atom stereocenters. The van der Waals surface area contributed by atoms with E-state index >= 15 is 0 Å². The maximum atomic E-state index is 8.21. The summed E-state index contributed by atoms with van der Waals surface area (Å²) in [5.74, 6) is 0. The number of aryl methyl sites for hydroxylation is 1. The Kier molecular flexibility index (Phi) is 2.40. The van der Waals surface area contributed by atoms with E-state index in [1.54, 1.807) is 10.9 Å². The van der Waals surface area contributed by atoms with Gasteiger partial charge in [0.05, 0.1) is 25.2 Å². The van der Waals surface area contributed by atoms with Crippen molar-refractivity contribution in [3.05, 3.63) is 10.8 Å². The molecule has 0 radical (unpaired) electrons. The Hall–Kier alpha value is -0.890. The van der Waals surface area contributed by atoms with Crippen LogP contribution in [-0.2, 0) is 6.54 Å². The number of hydrogen-bond donors (Lipinski definition) is 0. The maximum Gasteiger partial charge on any atom is 0.148 e. The summed E-state index contributed by atoms with van der Waals surface area (Å²) in [5, 5.41) is 15.6. The fraction of sp³-hybridized carbons (Fsp3) is 0.400. The summed E-state index contributed by atoms with van der Waals surface area (Å²) in [6, 6.07) is 2.02.